The third-order valence-electron chi connectivity index (χ3n) is 4.09. The number of nitriles is 1. The van der Waals surface area contributed by atoms with Gasteiger partial charge in [0.1, 0.15) is 11.1 Å². The van der Waals surface area contributed by atoms with Gasteiger partial charge in [-0.3, -0.25) is 14.4 Å². The van der Waals surface area contributed by atoms with Crippen molar-refractivity contribution in [2.45, 2.75) is 39.6 Å². The molecule has 26 heavy (non-hydrogen) atoms. The molecule has 6 nitrogen and oxygen atoms in total. The van der Waals surface area contributed by atoms with Crippen LogP contribution in [0.5, 0.6) is 0 Å². The van der Waals surface area contributed by atoms with Gasteiger partial charge in [-0.1, -0.05) is 11.8 Å². The molecule has 2 rings (SSSR count). The van der Waals surface area contributed by atoms with E-state index in [0.29, 0.717) is 38.8 Å². The highest BCUT2D eigenvalue weighted by Gasteiger charge is 2.21. The van der Waals surface area contributed by atoms with Crippen LogP contribution in [0.3, 0.4) is 0 Å². The molecule has 0 aliphatic rings. The molecule has 2 aromatic heterocycles. The summed E-state index contributed by atoms with van der Waals surface area (Å²) in [6.07, 6.45) is 0. The fourth-order valence-electron chi connectivity index (χ4n) is 2.89. The molecule has 0 aliphatic heterocycles. The third kappa shape index (κ3) is 3.75. The molecule has 0 aromatic carbocycles. The number of hydrogen-bond donors (Lipinski definition) is 1. The van der Waals surface area contributed by atoms with Crippen molar-refractivity contribution in [2.75, 3.05) is 5.75 Å². The zero-order valence-corrected chi connectivity index (χ0v) is 16.1. The molecule has 0 saturated heterocycles. The molecule has 7 heteroatoms. The summed E-state index contributed by atoms with van der Waals surface area (Å²) in [7, 11) is 0. The maximum absolute atomic E-state index is 12.6. The first-order valence-electron chi connectivity index (χ1n) is 7.96. The number of hydrogen-bond acceptors (Lipinski definition) is 6. The van der Waals surface area contributed by atoms with Crippen LogP contribution >= 0.6 is 11.8 Å². The number of H-pyrrole nitrogens is 1. The molecule has 134 valence electrons. The number of Topliss-reactive ketones (excluding diaryl/α,β-unsaturated/α-hetero) is 3. The van der Waals surface area contributed by atoms with Gasteiger partial charge < -0.3 is 4.98 Å². The molecule has 0 aliphatic carbocycles. The maximum Gasteiger partial charge on any atom is 0.189 e. The van der Waals surface area contributed by atoms with Crippen LogP contribution in [0.4, 0.5) is 0 Å². The van der Waals surface area contributed by atoms with E-state index >= 15 is 0 Å². The molecule has 0 fully saturated rings. The van der Waals surface area contributed by atoms with E-state index in [1.807, 2.05) is 6.07 Å². The van der Waals surface area contributed by atoms with Crippen molar-refractivity contribution in [3.8, 4) is 6.07 Å². The highest BCUT2D eigenvalue weighted by atomic mass is 32.2. The fourth-order valence-corrected chi connectivity index (χ4v) is 3.77. The smallest absolute Gasteiger partial charge is 0.189 e. The minimum absolute atomic E-state index is 0.0681. The molecule has 2 aromatic rings. The molecule has 0 unspecified atom stereocenters. The molecular weight excluding hydrogens is 350 g/mol. The summed E-state index contributed by atoms with van der Waals surface area (Å²) in [6, 6.07) is 3.53. The highest BCUT2D eigenvalue weighted by molar-refractivity contribution is 8.00. The van der Waals surface area contributed by atoms with Gasteiger partial charge in [-0.2, -0.15) is 5.26 Å². The number of ketones is 3. The van der Waals surface area contributed by atoms with E-state index in [4.69, 9.17) is 0 Å². The summed E-state index contributed by atoms with van der Waals surface area (Å²) in [4.78, 5) is 43.1. The number of carbonyl (C=O) groups is 3. The van der Waals surface area contributed by atoms with Crippen molar-refractivity contribution in [1.29, 1.82) is 5.26 Å². The largest absolute Gasteiger partial charge is 0.355 e. The molecular formula is C19H19N3O3S. The summed E-state index contributed by atoms with van der Waals surface area (Å²) in [5, 5.41) is 9.71. The number of thioether (sulfide) groups is 1. The number of carbonyl (C=O) groups excluding carboxylic acids is 3. The Morgan fingerprint density at radius 1 is 1.19 bits per heavy atom. The highest BCUT2D eigenvalue weighted by Crippen LogP contribution is 2.25. The van der Waals surface area contributed by atoms with E-state index in [1.54, 1.807) is 20.8 Å². The lowest BCUT2D eigenvalue weighted by Gasteiger charge is -2.07. The normalized spacial score (nSPS) is 10.5. The second-order valence-electron chi connectivity index (χ2n) is 6.04. The van der Waals surface area contributed by atoms with Crippen LogP contribution in [-0.4, -0.2) is 33.1 Å². The summed E-state index contributed by atoms with van der Waals surface area (Å²) < 4.78 is 0. The molecule has 2 heterocycles. The van der Waals surface area contributed by atoms with Crippen LogP contribution in [0, 0.1) is 32.1 Å². The van der Waals surface area contributed by atoms with E-state index in [2.05, 4.69) is 9.97 Å². The summed E-state index contributed by atoms with van der Waals surface area (Å²) in [6.45, 7) is 8.08. The van der Waals surface area contributed by atoms with Crippen LogP contribution < -0.4 is 0 Å². The molecule has 0 amide bonds. The third-order valence-corrected chi connectivity index (χ3v) is 5.08. The van der Waals surface area contributed by atoms with Crippen molar-refractivity contribution in [3.05, 3.63) is 45.4 Å². The van der Waals surface area contributed by atoms with Gasteiger partial charge in [0, 0.05) is 22.5 Å². The minimum Gasteiger partial charge on any atom is -0.355 e. The van der Waals surface area contributed by atoms with Crippen LogP contribution in [0.2, 0.25) is 0 Å². The van der Waals surface area contributed by atoms with Crippen molar-refractivity contribution >= 4 is 29.1 Å². The van der Waals surface area contributed by atoms with E-state index in [-0.39, 0.29) is 28.7 Å². The van der Waals surface area contributed by atoms with Crippen LogP contribution in [0.1, 0.15) is 67.6 Å². The quantitative estimate of drug-likeness (QED) is 0.616. The topological polar surface area (TPSA) is 104 Å². The number of rotatable bonds is 6. The molecule has 0 bridgehead atoms. The summed E-state index contributed by atoms with van der Waals surface area (Å²) in [5.74, 6) is -0.360. The number of aryl methyl sites for hydroxylation is 2. The van der Waals surface area contributed by atoms with Crippen LogP contribution in [0.25, 0.3) is 0 Å². The first kappa shape index (κ1) is 19.6. The van der Waals surface area contributed by atoms with Crippen molar-refractivity contribution in [2.24, 2.45) is 0 Å². The van der Waals surface area contributed by atoms with Gasteiger partial charge in [0.2, 0.25) is 0 Å². The van der Waals surface area contributed by atoms with Gasteiger partial charge in [-0.05, 0) is 46.2 Å². The minimum atomic E-state index is -0.179. The Bertz CT molecular complexity index is 967. The standard InChI is InChI=1S/C19H19N3O3S/c1-9-17(13(5)24)11(3)21-18(9)16(25)8-26-19-14(7-20)6-15(12(4)23)10(2)22-19/h6,21H,8H2,1-5H3. The van der Waals surface area contributed by atoms with E-state index in [0.717, 1.165) is 11.8 Å². The van der Waals surface area contributed by atoms with Crippen molar-refractivity contribution in [3.63, 3.8) is 0 Å². The SMILES string of the molecule is CC(=O)c1cc(C#N)c(SCC(=O)c2[nH]c(C)c(C(C)=O)c2C)nc1C. The zero-order chi connectivity index (χ0) is 19.6. The van der Waals surface area contributed by atoms with Gasteiger partial charge in [0.15, 0.2) is 17.3 Å². The van der Waals surface area contributed by atoms with Crippen LogP contribution in [-0.2, 0) is 0 Å². The Morgan fingerprint density at radius 2 is 1.85 bits per heavy atom. The molecule has 0 saturated carbocycles. The Labute approximate surface area is 156 Å². The predicted molar refractivity (Wildman–Crippen MR) is 99.0 cm³/mol. The maximum atomic E-state index is 12.6. The molecule has 0 spiro atoms. The lowest BCUT2D eigenvalue weighted by Crippen LogP contribution is -2.07. The second kappa shape index (κ2) is 7.67. The first-order valence-corrected chi connectivity index (χ1v) is 8.94. The van der Waals surface area contributed by atoms with Gasteiger partial charge in [0.25, 0.3) is 0 Å². The Morgan fingerprint density at radius 3 is 2.35 bits per heavy atom. The number of aromatic amines is 1. The van der Waals surface area contributed by atoms with Crippen molar-refractivity contribution in [1.82, 2.24) is 9.97 Å². The monoisotopic (exact) mass is 369 g/mol. The van der Waals surface area contributed by atoms with Gasteiger partial charge in [-0.15, -0.1) is 0 Å². The van der Waals surface area contributed by atoms with E-state index < -0.39 is 0 Å². The second-order valence-corrected chi connectivity index (χ2v) is 7.00. The first-order chi connectivity index (χ1) is 12.2. The van der Waals surface area contributed by atoms with Crippen LogP contribution in [0.15, 0.2) is 11.1 Å². The molecule has 0 atom stereocenters. The zero-order valence-electron chi connectivity index (χ0n) is 15.3. The van der Waals surface area contributed by atoms with Crippen molar-refractivity contribution < 1.29 is 14.4 Å². The van der Waals surface area contributed by atoms with E-state index in [1.165, 1.54) is 19.9 Å². The molecule has 1 N–H and O–H groups in total. The Balaban J connectivity index is 2.27. The van der Waals surface area contributed by atoms with Gasteiger partial charge in [0.05, 0.1) is 17.0 Å². The number of nitrogens with zero attached hydrogens (tertiary/aromatic N) is 2. The number of pyridine rings is 1. The summed E-state index contributed by atoms with van der Waals surface area (Å²) in [5.41, 5.74) is 3.43. The van der Waals surface area contributed by atoms with Gasteiger partial charge in [-0.25, -0.2) is 4.98 Å². The average Bonchev–Trinajstić information content (AvgIpc) is 2.86. The Kier molecular flexibility index (Phi) is 5.78. The van der Waals surface area contributed by atoms with Gasteiger partial charge >= 0.3 is 0 Å². The number of aromatic nitrogens is 2. The lowest BCUT2D eigenvalue weighted by molar-refractivity contribution is 0.100. The Hall–Kier alpha value is -2.72. The fraction of sp³-hybridized carbons (Fsp3) is 0.316. The van der Waals surface area contributed by atoms with E-state index in [9.17, 15) is 19.6 Å². The predicted octanol–water partition coefficient (Wildman–Crippen LogP) is 3.59. The molecule has 0 radical (unpaired) electrons. The average molecular weight is 369 g/mol. The number of nitrogens with one attached hydrogen (secondary N) is 1. The lowest BCUT2D eigenvalue weighted by atomic mass is 10.1. The summed E-state index contributed by atoms with van der Waals surface area (Å²) >= 11 is 1.14.